The molecule has 3 rings (SSSR count). The molecule has 1 spiro atoms. The lowest BCUT2D eigenvalue weighted by Gasteiger charge is -2.62. The van der Waals surface area contributed by atoms with Crippen molar-refractivity contribution in [3.05, 3.63) is 0 Å². The molecule has 0 aromatic rings. The number of aliphatic hydroxyl groups is 2. The second-order valence-electron chi connectivity index (χ2n) is 9.24. The van der Waals surface area contributed by atoms with Crippen molar-refractivity contribution in [2.45, 2.75) is 72.2 Å². The predicted octanol–water partition coefficient (Wildman–Crippen LogP) is 3.21. The second kappa shape index (κ2) is 7.09. The van der Waals surface area contributed by atoms with Crippen LogP contribution in [-0.4, -0.2) is 41.9 Å². The Morgan fingerprint density at radius 1 is 1.19 bits per heavy atom. The molecule has 4 nitrogen and oxygen atoms in total. The summed E-state index contributed by atoms with van der Waals surface area (Å²) in [5, 5.41) is 21.4. The van der Waals surface area contributed by atoms with Crippen LogP contribution < -0.4 is 0 Å². The van der Waals surface area contributed by atoms with Crippen LogP contribution in [0.4, 0.5) is 0 Å². The van der Waals surface area contributed by atoms with Crippen LogP contribution in [0.3, 0.4) is 0 Å². The molecule has 3 fully saturated rings. The van der Waals surface area contributed by atoms with Gasteiger partial charge in [0.05, 0.1) is 19.3 Å². The van der Waals surface area contributed by atoms with Gasteiger partial charge in [-0.25, -0.2) is 0 Å². The largest absolute Gasteiger partial charge is 0.396 e. The van der Waals surface area contributed by atoms with Crippen molar-refractivity contribution in [3.8, 4) is 11.8 Å². The van der Waals surface area contributed by atoms with Crippen molar-refractivity contribution in [1.82, 2.24) is 0 Å². The maximum atomic E-state index is 11.3. The van der Waals surface area contributed by atoms with Crippen LogP contribution in [-0.2, 0) is 9.47 Å². The molecule has 0 unspecified atom stereocenters. The monoisotopic (exact) mass is 364 g/mol. The molecular weight excluding hydrogens is 328 g/mol. The number of hydrogen-bond donors (Lipinski definition) is 2. The molecule has 2 aliphatic carbocycles. The first-order valence-electron chi connectivity index (χ1n) is 10.2. The summed E-state index contributed by atoms with van der Waals surface area (Å²) in [6.45, 7) is 12.1. The quantitative estimate of drug-likeness (QED) is 0.752. The smallest absolute Gasteiger partial charge is 0.172 e. The van der Waals surface area contributed by atoms with Crippen molar-refractivity contribution < 1.29 is 19.7 Å². The zero-order valence-electron chi connectivity index (χ0n) is 17.0. The topological polar surface area (TPSA) is 58.9 Å². The van der Waals surface area contributed by atoms with Crippen LogP contribution in [0, 0.1) is 46.3 Å². The van der Waals surface area contributed by atoms with Crippen molar-refractivity contribution in [2.24, 2.45) is 34.5 Å². The van der Waals surface area contributed by atoms with E-state index in [0.29, 0.717) is 31.5 Å². The van der Waals surface area contributed by atoms with Gasteiger partial charge < -0.3 is 19.7 Å². The molecular formula is C22H36O4. The van der Waals surface area contributed by atoms with E-state index < -0.39 is 11.9 Å². The van der Waals surface area contributed by atoms with E-state index in [1.165, 1.54) is 0 Å². The Bertz CT molecular complexity index is 572. The molecule has 148 valence electrons. The van der Waals surface area contributed by atoms with E-state index in [4.69, 9.17) is 9.47 Å². The van der Waals surface area contributed by atoms with Crippen molar-refractivity contribution in [1.29, 1.82) is 0 Å². The Labute approximate surface area is 158 Å². The Morgan fingerprint density at radius 2 is 1.85 bits per heavy atom. The van der Waals surface area contributed by atoms with Crippen LogP contribution in [0.5, 0.6) is 0 Å². The van der Waals surface area contributed by atoms with E-state index in [1.54, 1.807) is 0 Å². The summed E-state index contributed by atoms with van der Waals surface area (Å²) in [7, 11) is 0. The lowest BCUT2D eigenvalue weighted by Crippen LogP contribution is -2.63. The first-order valence-corrected chi connectivity index (χ1v) is 10.2. The van der Waals surface area contributed by atoms with E-state index in [1.807, 2.05) is 6.92 Å². The van der Waals surface area contributed by atoms with Gasteiger partial charge in [-0.05, 0) is 42.9 Å². The molecule has 0 amide bonds. The molecule has 0 bridgehead atoms. The first kappa shape index (κ1) is 20.1. The molecule has 26 heavy (non-hydrogen) atoms. The second-order valence-corrected chi connectivity index (χ2v) is 9.24. The zero-order chi connectivity index (χ0) is 19.2. The van der Waals surface area contributed by atoms with E-state index in [0.717, 1.165) is 19.3 Å². The Kier molecular flexibility index (Phi) is 5.50. The summed E-state index contributed by atoms with van der Waals surface area (Å²) in [4.78, 5) is 0. The molecule has 1 heterocycles. The minimum absolute atomic E-state index is 0.0620. The molecule has 1 aliphatic heterocycles. The van der Waals surface area contributed by atoms with Crippen molar-refractivity contribution >= 4 is 0 Å². The van der Waals surface area contributed by atoms with Gasteiger partial charge in [-0.2, -0.15) is 0 Å². The third-order valence-electron chi connectivity index (χ3n) is 8.33. The fourth-order valence-corrected chi connectivity index (χ4v) is 6.71. The summed E-state index contributed by atoms with van der Waals surface area (Å²) < 4.78 is 12.5. The summed E-state index contributed by atoms with van der Waals surface area (Å²) >= 11 is 0. The number of fused-ring (bicyclic) bond motifs is 2. The molecule has 3 aliphatic rings. The van der Waals surface area contributed by atoms with Gasteiger partial charge in [0.1, 0.15) is 0 Å². The molecule has 2 saturated carbocycles. The van der Waals surface area contributed by atoms with Crippen molar-refractivity contribution in [2.75, 3.05) is 19.8 Å². The molecule has 1 saturated heterocycles. The summed E-state index contributed by atoms with van der Waals surface area (Å²) in [6.07, 6.45) is 2.82. The predicted molar refractivity (Wildman–Crippen MR) is 101 cm³/mol. The van der Waals surface area contributed by atoms with Crippen LogP contribution in [0.15, 0.2) is 0 Å². The average molecular weight is 365 g/mol. The molecule has 2 N–H and O–H groups in total. The number of rotatable bonds is 4. The maximum Gasteiger partial charge on any atom is 0.172 e. The summed E-state index contributed by atoms with van der Waals surface area (Å²) in [5.41, 5.74) is -0.438. The standard InChI is InChI=1S/C22H36O4/c1-6-7-8-18(24)20(5)17(4)15(2)13-21(16(3)14-23)9-10-22(19(20)21)25-11-12-26-22/h15-19,23-24H,8-14H2,1-5H3/t15-,16+,17+,18+,19-,20-,21+/m0/s1. The van der Waals surface area contributed by atoms with Gasteiger partial charge >= 0.3 is 0 Å². The summed E-state index contributed by atoms with van der Waals surface area (Å²) in [5.74, 6) is 6.40. The third-order valence-corrected chi connectivity index (χ3v) is 8.33. The number of hydrogen-bond acceptors (Lipinski definition) is 4. The van der Waals surface area contributed by atoms with Crippen LogP contribution in [0.1, 0.15) is 60.3 Å². The maximum absolute atomic E-state index is 11.3. The van der Waals surface area contributed by atoms with Crippen molar-refractivity contribution in [3.63, 3.8) is 0 Å². The van der Waals surface area contributed by atoms with Gasteiger partial charge in [0.25, 0.3) is 0 Å². The normalized spacial score (nSPS) is 43.6. The molecule has 4 heteroatoms. The van der Waals surface area contributed by atoms with E-state index in [2.05, 4.69) is 39.5 Å². The SMILES string of the molecule is CC#CC[C@@H](O)[C@]1(C)[C@H](C)[C@@H](C)C[C@@]2([C@H](C)CO)CCC3(OCCO3)[C@H]21. The van der Waals surface area contributed by atoms with Crippen LogP contribution in [0.25, 0.3) is 0 Å². The highest BCUT2D eigenvalue weighted by Gasteiger charge is 2.71. The molecule has 0 aromatic heterocycles. The Hall–Kier alpha value is -0.600. The molecule has 7 atom stereocenters. The highest BCUT2D eigenvalue weighted by atomic mass is 16.7. The van der Waals surface area contributed by atoms with E-state index in [9.17, 15) is 10.2 Å². The van der Waals surface area contributed by atoms with Crippen LogP contribution in [0.2, 0.25) is 0 Å². The fourth-order valence-electron chi connectivity index (χ4n) is 6.71. The number of ether oxygens (including phenoxy) is 2. The summed E-state index contributed by atoms with van der Waals surface area (Å²) in [6, 6.07) is 0. The van der Waals surface area contributed by atoms with E-state index in [-0.39, 0.29) is 29.3 Å². The molecule has 0 radical (unpaired) electrons. The highest BCUT2D eigenvalue weighted by molar-refractivity contribution is 5.18. The minimum atomic E-state index is -0.618. The van der Waals surface area contributed by atoms with Crippen LogP contribution >= 0.6 is 0 Å². The van der Waals surface area contributed by atoms with E-state index >= 15 is 0 Å². The highest BCUT2D eigenvalue weighted by Crippen LogP contribution is 2.71. The van der Waals surface area contributed by atoms with Gasteiger partial charge in [-0.3, -0.25) is 0 Å². The van der Waals surface area contributed by atoms with Gasteiger partial charge in [0, 0.05) is 30.8 Å². The zero-order valence-corrected chi connectivity index (χ0v) is 17.0. The van der Waals surface area contributed by atoms with Gasteiger partial charge in [0.15, 0.2) is 5.79 Å². The van der Waals surface area contributed by atoms with Gasteiger partial charge in [0.2, 0.25) is 0 Å². The van der Waals surface area contributed by atoms with Gasteiger partial charge in [-0.15, -0.1) is 11.8 Å². The Balaban J connectivity index is 2.14. The van der Waals surface area contributed by atoms with Gasteiger partial charge in [-0.1, -0.05) is 27.7 Å². The minimum Gasteiger partial charge on any atom is -0.396 e. The lowest BCUT2D eigenvalue weighted by molar-refractivity contribution is -0.273. The average Bonchev–Trinajstić information content (AvgIpc) is 3.23. The molecule has 0 aromatic carbocycles. The third kappa shape index (κ3) is 2.66. The first-order chi connectivity index (χ1) is 12.3. The Morgan fingerprint density at radius 3 is 2.42 bits per heavy atom. The fraction of sp³-hybridized carbons (Fsp3) is 0.909. The number of aliphatic hydroxyl groups excluding tert-OH is 2. The lowest BCUT2D eigenvalue weighted by atomic mass is 9.45.